The van der Waals surface area contributed by atoms with Crippen molar-refractivity contribution >= 4 is 0 Å². The second kappa shape index (κ2) is 4.53. The average Bonchev–Trinajstić information content (AvgIpc) is 2.79. The molecule has 0 spiro atoms. The Morgan fingerprint density at radius 2 is 1.75 bits per heavy atom. The Morgan fingerprint density at radius 1 is 1.19 bits per heavy atom. The Bertz CT molecular complexity index is 339. The van der Waals surface area contributed by atoms with Crippen molar-refractivity contribution in [2.24, 2.45) is 5.73 Å². The summed E-state index contributed by atoms with van der Waals surface area (Å²) in [5, 5.41) is 0. The van der Waals surface area contributed by atoms with Gasteiger partial charge in [-0.15, -0.1) is 0 Å². The van der Waals surface area contributed by atoms with Gasteiger partial charge in [0.15, 0.2) is 0 Å². The minimum absolute atomic E-state index is 0.355. The monoisotopic (exact) mass is 221 g/mol. The lowest BCUT2D eigenvalue weighted by molar-refractivity contribution is -0.156. The van der Waals surface area contributed by atoms with Gasteiger partial charge in [-0.05, 0) is 11.5 Å². The summed E-state index contributed by atoms with van der Waals surface area (Å²) in [6, 6.07) is 8.33. The molecule has 0 atom stereocenters. The van der Waals surface area contributed by atoms with E-state index in [-0.39, 0.29) is 0 Å². The lowest BCUT2D eigenvalue weighted by Crippen LogP contribution is -2.36. The van der Waals surface area contributed by atoms with Gasteiger partial charge in [-0.2, -0.15) is 0 Å². The molecule has 0 saturated carbocycles. The quantitative estimate of drug-likeness (QED) is 0.848. The SMILES string of the molecule is CC(C)c1ccc(C2(CN)OCCO2)cc1. The first-order valence-corrected chi connectivity index (χ1v) is 5.76. The molecule has 88 valence electrons. The van der Waals surface area contributed by atoms with E-state index in [2.05, 4.69) is 26.0 Å². The highest BCUT2D eigenvalue weighted by Crippen LogP contribution is 2.31. The van der Waals surface area contributed by atoms with E-state index >= 15 is 0 Å². The maximum absolute atomic E-state index is 5.75. The number of hydrogen-bond acceptors (Lipinski definition) is 3. The van der Waals surface area contributed by atoms with Gasteiger partial charge in [-0.3, -0.25) is 0 Å². The van der Waals surface area contributed by atoms with Crippen LogP contribution in [0.4, 0.5) is 0 Å². The van der Waals surface area contributed by atoms with E-state index in [0.717, 1.165) is 5.56 Å². The van der Waals surface area contributed by atoms with E-state index in [0.29, 0.717) is 25.7 Å². The van der Waals surface area contributed by atoms with Crippen molar-refractivity contribution in [3.05, 3.63) is 35.4 Å². The first kappa shape index (κ1) is 11.6. The van der Waals surface area contributed by atoms with Crippen molar-refractivity contribution in [2.75, 3.05) is 19.8 Å². The van der Waals surface area contributed by atoms with E-state index in [1.54, 1.807) is 0 Å². The summed E-state index contributed by atoms with van der Waals surface area (Å²) >= 11 is 0. The fourth-order valence-corrected chi connectivity index (χ4v) is 1.98. The predicted molar refractivity (Wildman–Crippen MR) is 63.2 cm³/mol. The summed E-state index contributed by atoms with van der Waals surface area (Å²) in [6.07, 6.45) is 0. The topological polar surface area (TPSA) is 44.5 Å². The van der Waals surface area contributed by atoms with Crippen molar-refractivity contribution in [1.82, 2.24) is 0 Å². The largest absolute Gasteiger partial charge is 0.342 e. The molecule has 3 heteroatoms. The zero-order valence-electron chi connectivity index (χ0n) is 9.90. The first-order chi connectivity index (χ1) is 7.68. The Kier molecular flexibility index (Phi) is 3.28. The van der Waals surface area contributed by atoms with Crippen molar-refractivity contribution in [2.45, 2.75) is 25.6 Å². The van der Waals surface area contributed by atoms with Crippen LogP contribution in [0.25, 0.3) is 0 Å². The van der Waals surface area contributed by atoms with Crippen LogP contribution < -0.4 is 5.73 Å². The van der Waals surface area contributed by atoms with Gasteiger partial charge >= 0.3 is 0 Å². The highest BCUT2D eigenvalue weighted by atomic mass is 16.7. The molecule has 1 aliphatic rings. The van der Waals surface area contributed by atoms with E-state index in [1.165, 1.54) is 5.56 Å². The Labute approximate surface area is 96.5 Å². The summed E-state index contributed by atoms with van der Waals surface area (Å²) in [5.41, 5.74) is 8.07. The molecule has 16 heavy (non-hydrogen) atoms. The van der Waals surface area contributed by atoms with E-state index < -0.39 is 5.79 Å². The van der Waals surface area contributed by atoms with Crippen molar-refractivity contribution in [3.8, 4) is 0 Å². The van der Waals surface area contributed by atoms with Gasteiger partial charge in [0.1, 0.15) is 0 Å². The van der Waals surface area contributed by atoms with Crippen LogP contribution in [-0.4, -0.2) is 19.8 Å². The van der Waals surface area contributed by atoms with Gasteiger partial charge in [0.25, 0.3) is 0 Å². The molecular formula is C13H19NO2. The van der Waals surface area contributed by atoms with Gasteiger partial charge < -0.3 is 15.2 Å². The lowest BCUT2D eigenvalue weighted by atomic mass is 9.98. The van der Waals surface area contributed by atoms with Gasteiger partial charge in [0.2, 0.25) is 5.79 Å². The van der Waals surface area contributed by atoms with Gasteiger partial charge in [0, 0.05) is 5.56 Å². The summed E-state index contributed by atoms with van der Waals surface area (Å²) in [6.45, 7) is 5.94. The second-order valence-corrected chi connectivity index (χ2v) is 4.43. The number of nitrogens with two attached hydrogens (primary N) is 1. The molecule has 3 nitrogen and oxygen atoms in total. The smallest absolute Gasteiger partial charge is 0.207 e. The average molecular weight is 221 g/mol. The molecule has 0 radical (unpaired) electrons. The van der Waals surface area contributed by atoms with Crippen LogP contribution in [0.15, 0.2) is 24.3 Å². The number of rotatable bonds is 3. The number of benzene rings is 1. The normalized spacial score (nSPS) is 19.2. The van der Waals surface area contributed by atoms with Crippen LogP contribution in [0.3, 0.4) is 0 Å². The minimum atomic E-state index is -0.713. The molecule has 1 saturated heterocycles. The summed E-state index contributed by atoms with van der Waals surface area (Å²) in [5.74, 6) is -0.177. The first-order valence-electron chi connectivity index (χ1n) is 5.76. The van der Waals surface area contributed by atoms with Crippen molar-refractivity contribution in [1.29, 1.82) is 0 Å². The van der Waals surface area contributed by atoms with Crippen LogP contribution in [0.2, 0.25) is 0 Å². The molecule has 0 unspecified atom stereocenters. The minimum Gasteiger partial charge on any atom is -0.342 e. The Balaban J connectivity index is 2.26. The molecule has 0 aromatic heterocycles. The highest BCUT2D eigenvalue weighted by molar-refractivity contribution is 5.28. The summed E-state index contributed by atoms with van der Waals surface area (Å²) < 4.78 is 11.3. The third-order valence-electron chi connectivity index (χ3n) is 3.04. The number of hydrogen-bond donors (Lipinski definition) is 1. The molecule has 1 aromatic rings. The van der Waals surface area contributed by atoms with Crippen LogP contribution in [0, 0.1) is 0 Å². The third-order valence-corrected chi connectivity index (χ3v) is 3.04. The van der Waals surface area contributed by atoms with E-state index in [9.17, 15) is 0 Å². The van der Waals surface area contributed by atoms with Gasteiger partial charge in [0.05, 0.1) is 19.8 Å². The lowest BCUT2D eigenvalue weighted by Gasteiger charge is -2.26. The Hall–Kier alpha value is -0.900. The maximum Gasteiger partial charge on any atom is 0.207 e. The van der Waals surface area contributed by atoms with Crippen molar-refractivity contribution < 1.29 is 9.47 Å². The fourth-order valence-electron chi connectivity index (χ4n) is 1.98. The maximum atomic E-state index is 5.75. The molecule has 0 amide bonds. The molecule has 0 aliphatic carbocycles. The Morgan fingerprint density at radius 3 is 2.19 bits per heavy atom. The predicted octanol–water partition coefficient (Wildman–Crippen LogP) is 1.97. The van der Waals surface area contributed by atoms with Crippen LogP contribution in [0.1, 0.15) is 30.9 Å². The van der Waals surface area contributed by atoms with Gasteiger partial charge in [-0.25, -0.2) is 0 Å². The van der Waals surface area contributed by atoms with Crippen LogP contribution >= 0.6 is 0 Å². The van der Waals surface area contributed by atoms with Crippen LogP contribution in [-0.2, 0) is 15.3 Å². The standard InChI is InChI=1S/C13H19NO2/c1-10(2)11-3-5-12(6-4-11)13(9-14)15-7-8-16-13/h3-6,10H,7-9,14H2,1-2H3. The highest BCUT2D eigenvalue weighted by Gasteiger charge is 2.37. The second-order valence-electron chi connectivity index (χ2n) is 4.43. The van der Waals surface area contributed by atoms with E-state index in [4.69, 9.17) is 15.2 Å². The molecule has 1 aromatic carbocycles. The summed E-state index contributed by atoms with van der Waals surface area (Å²) in [4.78, 5) is 0. The summed E-state index contributed by atoms with van der Waals surface area (Å²) in [7, 11) is 0. The zero-order valence-corrected chi connectivity index (χ0v) is 9.90. The molecular weight excluding hydrogens is 202 g/mol. The molecule has 2 rings (SSSR count). The zero-order chi connectivity index (χ0) is 11.6. The molecule has 1 fully saturated rings. The molecule has 1 heterocycles. The van der Waals surface area contributed by atoms with Crippen LogP contribution in [0.5, 0.6) is 0 Å². The van der Waals surface area contributed by atoms with E-state index in [1.807, 2.05) is 12.1 Å². The fraction of sp³-hybridized carbons (Fsp3) is 0.538. The van der Waals surface area contributed by atoms with Crippen molar-refractivity contribution in [3.63, 3.8) is 0 Å². The third kappa shape index (κ3) is 1.98. The molecule has 2 N–H and O–H groups in total. The van der Waals surface area contributed by atoms with Gasteiger partial charge in [-0.1, -0.05) is 38.1 Å². The number of ether oxygens (including phenoxy) is 2. The molecule has 1 aliphatic heterocycles. The molecule has 0 bridgehead atoms.